The van der Waals surface area contributed by atoms with Crippen LogP contribution < -0.4 is 10.2 Å². The number of benzene rings is 2. The molecule has 0 spiro atoms. The zero-order valence-electron chi connectivity index (χ0n) is 18.8. The Morgan fingerprint density at radius 3 is 2.36 bits per heavy atom. The molecule has 7 heteroatoms. The molecule has 3 heterocycles. The molecule has 4 aromatic rings. The molecule has 1 aliphatic rings. The van der Waals surface area contributed by atoms with E-state index in [9.17, 15) is 4.79 Å². The molecule has 0 radical (unpaired) electrons. The fourth-order valence-corrected chi connectivity index (χ4v) is 4.32. The Balaban J connectivity index is 1.27. The van der Waals surface area contributed by atoms with Crippen LogP contribution in [0.3, 0.4) is 0 Å². The van der Waals surface area contributed by atoms with Gasteiger partial charge in [0.25, 0.3) is 0 Å². The van der Waals surface area contributed by atoms with Gasteiger partial charge in [0.1, 0.15) is 6.04 Å². The fourth-order valence-electron chi connectivity index (χ4n) is 4.32. The number of rotatable bonds is 5. The van der Waals surface area contributed by atoms with E-state index in [-0.39, 0.29) is 11.9 Å². The minimum absolute atomic E-state index is 0.0550. The maximum Gasteiger partial charge on any atom is 0.248 e. The van der Waals surface area contributed by atoms with Gasteiger partial charge in [-0.15, -0.1) is 10.2 Å². The number of hydrogen-bond acceptors (Lipinski definition) is 5. The third kappa shape index (κ3) is 4.35. The van der Waals surface area contributed by atoms with E-state index in [0.29, 0.717) is 5.82 Å². The van der Waals surface area contributed by atoms with Crippen molar-refractivity contribution in [1.29, 1.82) is 0 Å². The fraction of sp³-hybridized carbons (Fsp3) is 0.231. The molecule has 7 nitrogen and oxygen atoms in total. The number of carbonyl (C=O) groups is 1. The topological polar surface area (TPSA) is 75.9 Å². The van der Waals surface area contributed by atoms with E-state index in [4.69, 9.17) is 0 Å². The summed E-state index contributed by atoms with van der Waals surface area (Å²) in [7, 11) is 1.93. The number of amides is 1. The van der Waals surface area contributed by atoms with E-state index in [1.54, 1.807) is 6.20 Å². The van der Waals surface area contributed by atoms with Gasteiger partial charge in [-0.2, -0.15) is 5.10 Å². The predicted octanol–water partition coefficient (Wildman–Crippen LogP) is 4.46. The van der Waals surface area contributed by atoms with Gasteiger partial charge in [0, 0.05) is 31.0 Å². The zero-order valence-corrected chi connectivity index (χ0v) is 18.8. The van der Waals surface area contributed by atoms with E-state index in [1.807, 2.05) is 54.2 Å². The van der Waals surface area contributed by atoms with E-state index in [0.717, 1.165) is 47.6 Å². The van der Waals surface area contributed by atoms with Crippen molar-refractivity contribution < 1.29 is 4.79 Å². The van der Waals surface area contributed by atoms with Crippen molar-refractivity contribution in [2.75, 3.05) is 16.8 Å². The normalized spacial score (nSPS) is 15.6. The SMILES string of the molecule is Cc1ccc(-c2ccc(NC(=O)[C@@H]3CCCN3c3ccc(-c4ccnn4C)cc3)nn2)cc1. The minimum atomic E-state index is -0.230. The first-order chi connectivity index (χ1) is 16.1. The smallest absolute Gasteiger partial charge is 0.248 e. The van der Waals surface area contributed by atoms with E-state index in [1.165, 1.54) is 5.56 Å². The standard InChI is InChI=1S/C26H26N6O/c1-18-5-7-19(8-6-18)22-13-14-25(30-29-22)28-26(33)24-4-3-17-32(24)21-11-9-20(10-12-21)23-15-16-27-31(23)2/h5-16,24H,3-4,17H2,1-2H3,(H,28,30,33)/t24-/m0/s1. The van der Waals surface area contributed by atoms with Gasteiger partial charge in [0.2, 0.25) is 5.91 Å². The number of nitrogens with zero attached hydrogens (tertiary/aromatic N) is 5. The number of anilines is 2. The van der Waals surface area contributed by atoms with E-state index in [2.05, 4.69) is 56.7 Å². The summed E-state index contributed by atoms with van der Waals surface area (Å²) < 4.78 is 1.85. The van der Waals surface area contributed by atoms with E-state index < -0.39 is 0 Å². The van der Waals surface area contributed by atoms with Gasteiger partial charge in [-0.1, -0.05) is 42.0 Å². The molecule has 33 heavy (non-hydrogen) atoms. The molecule has 1 atom stereocenters. The third-order valence-electron chi connectivity index (χ3n) is 6.13. The summed E-state index contributed by atoms with van der Waals surface area (Å²) in [5, 5.41) is 15.7. The second-order valence-corrected chi connectivity index (χ2v) is 8.40. The van der Waals surface area contributed by atoms with Crippen molar-refractivity contribution >= 4 is 17.4 Å². The molecule has 0 aliphatic carbocycles. The zero-order chi connectivity index (χ0) is 22.8. The molecule has 0 bridgehead atoms. The van der Waals surface area contributed by atoms with Gasteiger partial charge >= 0.3 is 0 Å². The van der Waals surface area contributed by atoms with Gasteiger partial charge in [-0.3, -0.25) is 9.48 Å². The average molecular weight is 439 g/mol. The Hall–Kier alpha value is -4.00. The molecule has 1 fully saturated rings. The Kier molecular flexibility index (Phi) is 5.60. The highest BCUT2D eigenvalue weighted by molar-refractivity contribution is 5.96. The van der Waals surface area contributed by atoms with Crippen LogP contribution in [-0.2, 0) is 11.8 Å². The Morgan fingerprint density at radius 2 is 1.70 bits per heavy atom. The number of aryl methyl sites for hydroxylation is 2. The first-order valence-electron chi connectivity index (χ1n) is 11.2. The second kappa shape index (κ2) is 8.86. The van der Waals surface area contributed by atoms with Gasteiger partial charge < -0.3 is 10.2 Å². The lowest BCUT2D eigenvalue weighted by molar-refractivity contribution is -0.117. The second-order valence-electron chi connectivity index (χ2n) is 8.40. The average Bonchev–Trinajstić information content (AvgIpc) is 3.50. The minimum Gasteiger partial charge on any atom is -0.360 e. The summed E-state index contributed by atoms with van der Waals surface area (Å²) in [6, 6.07) is 21.9. The van der Waals surface area contributed by atoms with Crippen molar-refractivity contribution in [2.24, 2.45) is 7.05 Å². The molecule has 2 aromatic heterocycles. The predicted molar refractivity (Wildman–Crippen MR) is 130 cm³/mol. The molecular formula is C26H26N6O. The summed E-state index contributed by atoms with van der Waals surface area (Å²) >= 11 is 0. The number of aromatic nitrogens is 4. The first-order valence-corrected chi connectivity index (χ1v) is 11.2. The van der Waals surface area contributed by atoms with Crippen LogP contribution in [0, 0.1) is 6.92 Å². The van der Waals surface area contributed by atoms with Crippen molar-refractivity contribution in [1.82, 2.24) is 20.0 Å². The number of nitrogens with one attached hydrogen (secondary N) is 1. The Bertz CT molecular complexity index is 1250. The van der Waals surface area contributed by atoms with Gasteiger partial charge in [-0.25, -0.2) is 0 Å². The number of carbonyl (C=O) groups excluding carboxylic acids is 1. The monoisotopic (exact) mass is 438 g/mol. The highest BCUT2D eigenvalue weighted by Gasteiger charge is 2.31. The summed E-state index contributed by atoms with van der Waals surface area (Å²) in [5.74, 6) is 0.412. The largest absolute Gasteiger partial charge is 0.360 e. The van der Waals surface area contributed by atoms with Crippen molar-refractivity contribution in [3.05, 3.63) is 78.5 Å². The van der Waals surface area contributed by atoms with Crippen LogP contribution in [0.15, 0.2) is 72.9 Å². The van der Waals surface area contributed by atoms with Gasteiger partial charge in [-0.05, 0) is 55.7 Å². The molecule has 0 saturated carbocycles. The summed E-state index contributed by atoms with van der Waals surface area (Å²) in [6.45, 7) is 2.90. The lowest BCUT2D eigenvalue weighted by Gasteiger charge is -2.26. The van der Waals surface area contributed by atoms with Crippen LogP contribution >= 0.6 is 0 Å². The first kappa shape index (κ1) is 20.9. The third-order valence-corrected chi connectivity index (χ3v) is 6.13. The van der Waals surface area contributed by atoms with Gasteiger partial charge in [0.15, 0.2) is 5.82 Å². The van der Waals surface area contributed by atoms with Crippen molar-refractivity contribution in [3.8, 4) is 22.5 Å². The summed E-state index contributed by atoms with van der Waals surface area (Å²) in [5.41, 5.74) is 6.18. The Labute approximate surface area is 193 Å². The highest BCUT2D eigenvalue weighted by Crippen LogP contribution is 2.29. The molecule has 166 valence electrons. The van der Waals surface area contributed by atoms with E-state index >= 15 is 0 Å². The molecule has 1 amide bonds. The number of hydrogen-bond donors (Lipinski definition) is 1. The Morgan fingerprint density at radius 1 is 0.939 bits per heavy atom. The quantitative estimate of drug-likeness (QED) is 0.498. The molecule has 1 saturated heterocycles. The van der Waals surface area contributed by atoms with Crippen molar-refractivity contribution in [2.45, 2.75) is 25.8 Å². The molecular weight excluding hydrogens is 412 g/mol. The maximum absolute atomic E-state index is 13.1. The van der Waals surface area contributed by atoms with Crippen LogP contribution in [0.2, 0.25) is 0 Å². The van der Waals surface area contributed by atoms with Crippen LogP contribution in [0.1, 0.15) is 18.4 Å². The van der Waals surface area contributed by atoms with Crippen LogP contribution in [0.4, 0.5) is 11.5 Å². The van der Waals surface area contributed by atoms with Crippen LogP contribution in [-0.4, -0.2) is 38.5 Å². The maximum atomic E-state index is 13.1. The molecule has 1 N–H and O–H groups in total. The summed E-state index contributed by atoms with van der Waals surface area (Å²) in [6.07, 6.45) is 3.57. The molecule has 1 aliphatic heterocycles. The summed E-state index contributed by atoms with van der Waals surface area (Å²) in [4.78, 5) is 15.2. The molecule has 0 unspecified atom stereocenters. The van der Waals surface area contributed by atoms with Crippen molar-refractivity contribution in [3.63, 3.8) is 0 Å². The van der Waals surface area contributed by atoms with Gasteiger partial charge in [0.05, 0.1) is 11.4 Å². The molecule has 2 aromatic carbocycles. The van der Waals surface area contributed by atoms with Crippen LogP contribution in [0.5, 0.6) is 0 Å². The van der Waals surface area contributed by atoms with Crippen LogP contribution in [0.25, 0.3) is 22.5 Å². The lowest BCUT2D eigenvalue weighted by atomic mass is 10.1. The highest BCUT2D eigenvalue weighted by atomic mass is 16.2. The lowest BCUT2D eigenvalue weighted by Crippen LogP contribution is -2.39. The molecule has 5 rings (SSSR count).